The van der Waals surface area contributed by atoms with Crippen LogP contribution in [0.1, 0.15) is 31.2 Å². The highest BCUT2D eigenvalue weighted by atomic mass is 19.1. The minimum absolute atomic E-state index is 0.0500. The van der Waals surface area contributed by atoms with Crippen molar-refractivity contribution in [2.45, 2.75) is 38.3 Å². The molecule has 4 heteroatoms. The van der Waals surface area contributed by atoms with Crippen LogP contribution in [0.5, 0.6) is 0 Å². The Hall–Kier alpha value is -1.13. The molecule has 2 aliphatic heterocycles. The Morgan fingerprint density at radius 3 is 2.76 bits per heavy atom. The third kappa shape index (κ3) is 3.38. The summed E-state index contributed by atoms with van der Waals surface area (Å²) in [5.74, 6) is -0.0500. The van der Waals surface area contributed by atoms with Gasteiger partial charge in [-0.2, -0.15) is 0 Å². The SMILES string of the molecule is CNC1CCCN(Cc2c(F)cccc2N2CCCC2)C1. The first kappa shape index (κ1) is 14.8. The highest BCUT2D eigenvalue weighted by Gasteiger charge is 2.23. The standard InChI is InChI=1S/C17H26FN3/c1-19-14-6-5-9-20(12-14)13-15-16(18)7-4-8-17(15)21-10-2-3-11-21/h4,7-8,14,19H,2-3,5-6,9-13H2,1H3. The lowest BCUT2D eigenvalue weighted by Gasteiger charge is -2.33. The van der Waals surface area contributed by atoms with Crippen molar-refractivity contribution in [2.75, 3.05) is 38.1 Å². The lowest BCUT2D eigenvalue weighted by atomic mass is 10.0. The fourth-order valence-electron chi connectivity index (χ4n) is 3.62. The maximum absolute atomic E-state index is 14.4. The second-order valence-electron chi connectivity index (χ2n) is 6.29. The molecule has 0 aromatic heterocycles. The first-order valence-electron chi connectivity index (χ1n) is 8.20. The van der Waals surface area contributed by atoms with Crippen molar-refractivity contribution in [1.82, 2.24) is 10.2 Å². The molecule has 116 valence electrons. The van der Waals surface area contributed by atoms with E-state index in [9.17, 15) is 4.39 Å². The summed E-state index contributed by atoms with van der Waals surface area (Å²) in [5.41, 5.74) is 2.00. The van der Waals surface area contributed by atoms with E-state index < -0.39 is 0 Å². The van der Waals surface area contributed by atoms with Gasteiger partial charge in [-0.1, -0.05) is 6.07 Å². The number of likely N-dealkylation sites (N-methyl/N-ethyl adjacent to an activating group) is 1. The van der Waals surface area contributed by atoms with Gasteiger partial charge in [0.1, 0.15) is 5.82 Å². The van der Waals surface area contributed by atoms with Gasteiger partial charge in [-0.05, 0) is 51.4 Å². The first-order valence-corrected chi connectivity index (χ1v) is 8.20. The van der Waals surface area contributed by atoms with Crippen LogP contribution in [0, 0.1) is 5.82 Å². The van der Waals surface area contributed by atoms with Crippen molar-refractivity contribution >= 4 is 5.69 Å². The second kappa shape index (κ2) is 6.75. The quantitative estimate of drug-likeness (QED) is 0.920. The van der Waals surface area contributed by atoms with Gasteiger partial charge in [0.25, 0.3) is 0 Å². The van der Waals surface area contributed by atoms with E-state index in [4.69, 9.17) is 0 Å². The van der Waals surface area contributed by atoms with Gasteiger partial charge >= 0.3 is 0 Å². The molecule has 0 spiro atoms. The first-order chi connectivity index (χ1) is 10.3. The molecule has 2 aliphatic rings. The number of nitrogens with zero attached hydrogens (tertiary/aromatic N) is 2. The summed E-state index contributed by atoms with van der Waals surface area (Å²) in [6.07, 6.45) is 4.87. The minimum Gasteiger partial charge on any atom is -0.371 e. The van der Waals surface area contributed by atoms with Gasteiger partial charge < -0.3 is 10.2 Å². The van der Waals surface area contributed by atoms with Crippen molar-refractivity contribution in [1.29, 1.82) is 0 Å². The molecular weight excluding hydrogens is 265 g/mol. The van der Waals surface area contributed by atoms with E-state index in [1.165, 1.54) is 25.7 Å². The van der Waals surface area contributed by atoms with Crippen LogP contribution in [0.25, 0.3) is 0 Å². The summed E-state index contributed by atoms with van der Waals surface area (Å²) < 4.78 is 14.4. The molecule has 1 atom stereocenters. The third-order valence-electron chi connectivity index (χ3n) is 4.84. The number of benzene rings is 1. The number of hydrogen-bond donors (Lipinski definition) is 1. The van der Waals surface area contributed by atoms with Gasteiger partial charge in [-0.3, -0.25) is 4.90 Å². The average molecular weight is 291 g/mol. The zero-order valence-corrected chi connectivity index (χ0v) is 12.9. The van der Waals surface area contributed by atoms with Gasteiger partial charge in [-0.15, -0.1) is 0 Å². The van der Waals surface area contributed by atoms with Gasteiger partial charge in [0.15, 0.2) is 0 Å². The molecule has 0 saturated carbocycles. The Labute approximate surface area is 127 Å². The van der Waals surface area contributed by atoms with Crippen LogP contribution in [-0.4, -0.2) is 44.2 Å². The molecule has 1 aromatic rings. The van der Waals surface area contributed by atoms with E-state index in [-0.39, 0.29) is 5.82 Å². The predicted octanol–water partition coefficient (Wildman–Crippen LogP) is 2.61. The molecule has 2 saturated heterocycles. The molecule has 21 heavy (non-hydrogen) atoms. The smallest absolute Gasteiger partial charge is 0.129 e. The molecule has 1 aromatic carbocycles. The normalized spacial score (nSPS) is 23.7. The highest BCUT2D eigenvalue weighted by Crippen LogP contribution is 2.28. The van der Waals surface area contributed by atoms with Crippen molar-refractivity contribution in [3.8, 4) is 0 Å². The van der Waals surface area contributed by atoms with Gasteiger partial charge in [0.2, 0.25) is 0 Å². The van der Waals surface area contributed by atoms with Gasteiger partial charge in [0, 0.05) is 43.5 Å². The number of piperidine rings is 1. The van der Waals surface area contributed by atoms with Crippen LogP contribution in [0.15, 0.2) is 18.2 Å². The maximum Gasteiger partial charge on any atom is 0.129 e. The van der Waals surface area contributed by atoms with Crippen molar-refractivity contribution in [3.63, 3.8) is 0 Å². The van der Waals surface area contributed by atoms with E-state index in [1.54, 1.807) is 6.07 Å². The number of nitrogens with one attached hydrogen (secondary N) is 1. The zero-order chi connectivity index (χ0) is 14.7. The molecule has 0 amide bonds. The molecule has 2 fully saturated rings. The Kier molecular flexibility index (Phi) is 4.76. The molecule has 0 aliphatic carbocycles. The van der Waals surface area contributed by atoms with Crippen molar-refractivity contribution < 1.29 is 4.39 Å². The van der Waals surface area contributed by atoms with Crippen LogP contribution in [0.3, 0.4) is 0 Å². The highest BCUT2D eigenvalue weighted by molar-refractivity contribution is 5.54. The molecule has 3 rings (SSSR count). The fourth-order valence-corrected chi connectivity index (χ4v) is 3.62. The summed E-state index contributed by atoms with van der Waals surface area (Å²) >= 11 is 0. The second-order valence-corrected chi connectivity index (χ2v) is 6.29. The Balaban J connectivity index is 1.77. The van der Waals surface area contributed by atoms with Crippen LogP contribution in [-0.2, 0) is 6.54 Å². The molecule has 0 radical (unpaired) electrons. The maximum atomic E-state index is 14.4. The number of rotatable bonds is 4. The summed E-state index contributed by atoms with van der Waals surface area (Å²) in [6, 6.07) is 6.08. The van der Waals surface area contributed by atoms with Crippen LogP contribution < -0.4 is 10.2 Å². The van der Waals surface area contributed by atoms with Crippen LogP contribution in [0.4, 0.5) is 10.1 Å². The summed E-state index contributed by atoms with van der Waals surface area (Å²) in [4.78, 5) is 4.74. The number of likely N-dealkylation sites (tertiary alicyclic amines) is 1. The Morgan fingerprint density at radius 2 is 2.00 bits per heavy atom. The summed E-state index contributed by atoms with van der Waals surface area (Å²) in [5, 5.41) is 3.36. The molecule has 1 N–H and O–H groups in total. The Morgan fingerprint density at radius 1 is 1.19 bits per heavy atom. The van der Waals surface area contributed by atoms with Gasteiger partial charge in [0.05, 0.1) is 0 Å². The van der Waals surface area contributed by atoms with Crippen LogP contribution >= 0.6 is 0 Å². The van der Waals surface area contributed by atoms with Crippen LogP contribution in [0.2, 0.25) is 0 Å². The predicted molar refractivity (Wildman–Crippen MR) is 85.2 cm³/mol. The third-order valence-corrected chi connectivity index (χ3v) is 4.84. The largest absolute Gasteiger partial charge is 0.371 e. The lowest BCUT2D eigenvalue weighted by Crippen LogP contribution is -2.44. The number of halogens is 1. The fraction of sp³-hybridized carbons (Fsp3) is 0.647. The summed E-state index contributed by atoms with van der Waals surface area (Å²) in [6.45, 7) is 4.96. The van der Waals surface area contributed by atoms with E-state index in [0.29, 0.717) is 6.04 Å². The van der Waals surface area contributed by atoms with Crippen molar-refractivity contribution in [3.05, 3.63) is 29.6 Å². The summed E-state index contributed by atoms with van der Waals surface area (Å²) in [7, 11) is 2.02. The van der Waals surface area contributed by atoms with E-state index in [1.807, 2.05) is 13.1 Å². The van der Waals surface area contributed by atoms with Gasteiger partial charge in [-0.25, -0.2) is 4.39 Å². The number of anilines is 1. The van der Waals surface area contributed by atoms with E-state index in [2.05, 4.69) is 21.2 Å². The van der Waals surface area contributed by atoms with E-state index >= 15 is 0 Å². The molecular formula is C17H26FN3. The monoisotopic (exact) mass is 291 g/mol. The molecule has 3 nitrogen and oxygen atoms in total. The Bertz CT molecular complexity index is 471. The number of hydrogen-bond acceptors (Lipinski definition) is 3. The average Bonchev–Trinajstić information content (AvgIpc) is 3.04. The van der Waals surface area contributed by atoms with Crippen molar-refractivity contribution in [2.24, 2.45) is 0 Å². The molecule has 1 unspecified atom stereocenters. The minimum atomic E-state index is -0.0500. The van der Waals surface area contributed by atoms with E-state index in [0.717, 1.165) is 44.0 Å². The zero-order valence-electron chi connectivity index (χ0n) is 12.9. The topological polar surface area (TPSA) is 18.5 Å². The molecule has 0 bridgehead atoms. The molecule has 2 heterocycles. The lowest BCUT2D eigenvalue weighted by molar-refractivity contribution is 0.186.